The molecule has 0 radical (unpaired) electrons. The summed E-state index contributed by atoms with van der Waals surface area (Å²) in [6.07, 6.45) is 20.0. The van der Waals surface area contributed by atoms with Gasteiger partial charge in [0.05, 0.1) is 0 Å². The number of alkyl carbamates (subject to hydrolysis) is 1. The fraction of sp³-hybridized carbons (Fsp3) is 0.917. The van der Waals surface area contributed by atoms with Crippen LogP contribution in [0.1, 0.15) is 128 Å². The molecule has 0 bridgehead atoms. The van der Waals surface area contributed by atoms with E-state index in [2.05, 4.69) is 27.7 Å². The number of amides is 1. The lowest BCUT2D eigenvalue weighted by molar-refractivity contribution is 0.0653. The highest BCUT2D eigenvalue weighted by Gasteiger charge is 2.21. The number of nitrogens with one attached hydrogen (secondary N) is 1. The fourth-order valence-electron chi connectivity index (χ4n) is 3.73. The number of ether oxygens (including phenoxy) is 1. The number of nitrogens with two attached hydrogens (primary N) is 1. The van der Waals surface area contributed by atoms with Gasteiger partial charge in [-0.1, -0.05) is 103 Å². The maximum absolute atomic E-state index is 11.9. The van der Waals surface area contributed by atoms with Crippen LogP contribution in [0.4, 0.5) is 4.79 Å². The molecule has 2 unspecified atom stereocenters. The summed E-state index contributed by atoms with van der Waals surface area (Å²) in [5.74, 6) is 0.553. The van der Waals surface area contributed by atoms with Crippen molar-refractivity contribution in [1.82, 2.24) is 25.5 Å². The Labute approximate surface area is 195 Å². The van der Waals surface area contributed by atoms with Crippen molar-refractivity contribution >= 4 is 6.09 Å². The van der Waals surface area contributed by atoms with Crippen molar-refractivity contribution in [2.45, 2.75) is 136 Å². The Bertz CT molecular complexity index is 581. The first-order valence-electron chi connectivity index (χ1n) is 13.0. The van der Waals surface area contributed by atoms with Gasteiger partial charge in [0.25, 0.3) is 0 Å². The summed E-state index contributed by atoms with van der Waals surface area (Å²) in [6, 6.07) is -0.377. The number of rotatable bonds is 20. The molecule has 186 valence electrons. The van der Waals surface area contributed by atoms with Gasteiger partial charge in [0, 0.05) is 6.54 Å². The highest BCUT2D eigenvalue weighted by Crippen LogP contribution is 2.13. The third-order valence-electron chi connectivity index (χ3n) is 5.91. The molecule has 32 heavy (non-hydrogen) atoms. The number of carbonyl (C=O) groups is 1. The maximum Gasteiger partial charge on any atom is 0.408 e. The second-order valence-corrected chi connectivity index (χ2v) is 9.00. The van der Waals surface area contributed by atoms with E-state index < -0.39 is 12.3 Å². The number of tetrazole rings is 1. The fourth-order valence-corrected chi connectivity index (χ4v) is 3.73. The van der Waals surface area contributed by atoms with Gasteiger partial charge in [0.15, 0.2) is 12.1 Å². The molecule has 0 aliphatic rings. The first-order chi connectivity index (χ1) is 15.5. The van der Waals surface area contributed by atoms with Gasteiger partial charge in [-0.15, -0.1) is 10.2 Å². The van der Waals surface area contributed by atoms with Crippen molar-refractivity contribution in [3.63, 3.8) is 0 Å². The lowest BCUT2D eigenvalue weighted by Gasteiger charge is -2.19. The summed E-state index contributed by atoms with van der Waals surface area (Å²) >= 11 is 0. The van der Waals surface area contributed by atoms with E-state index in [9.17, 15) is 4.79 Å². The minimum atomic E-state index is -0.825. The molecule has 0 fully saturated rings. The Hall–Kier alpha value is -1.70. The Morgan fingerprint density at radius 1 is 0.906 bits per heavy atom. The van der Waals surface area contributed by atoms with Crippen molar-refractivity contribution in [2.75, 3.05) is 6.54 Å². The molecule has 0 saturated carbocycles. The molecule has 3 N–H and O–H groups in total. The van der Waals surface area contributed by atoms with Crippen LogP contribution in [0.15, 0.2) is 0 Å². The Morgan fingerprint density at radius 2 is 1.38 bits per heavy atom. The number of nitrogens with zero attached hydrogens (tertiary/aromatic N) is 4. The summed E-state index contributed by atoms with van der Waals surface area (Å²) in [4.78, 5) is 13.2. The zero-order chi connectivity index (χ0) is 23.4. The van der Waals surface area contributed by atoms with Crippen LogP contribution in [-0.2, 0) is 4.74 Å². The van der Waals surface area contributed by atoms with Crippen molar-refractivity contribution in [3.8, 4) is 0 Å². The molecule has 0 aliphatic carbocycles. The lowest BCUT2D eigenvalue weighted by Crippen LogP contribution is -2.39. The molecule has 0 saturated heterocycles. The molecule has 1 heterocycles. The highest BCUT2D eigenvalue weighted by molar-refractivity contribution is 5.67. The molecule has 1 aromatic rings. The molecular formula is C24H48N6O2. The second-order valence-electron chi connectivity index (χ2n) is 9.00. The summed E-state index contributed by atoms with van der Waals surface area (Å²) < 4.78 is 5.20. The van der Waals surface area contributed by atoms with Gasteiger partial charge in [-0.05, 0) is 25.5 Å². The van der Waals surface area contributed by atoms with Crippen molar-refractivity contribution in [3.05, 3.63) is 5.82 Å². The van der Waals surface area contributed by atoms with Gasteiger partial charge in [-0.2, -0.15) is 4.80 Å². The normalized spacial score (nSPS) is 13.1. The molecule has 1 aromatic heterocycles. The van der Waals surface area contributed by atoms with Gasteiger partial charge < -0.3 is 10.1 Å². The topological polar surface area (TPSA) is 108 Å². The summed E-state index contributed by atoms with van der Waals surface area (Å²) in [6.45, 7) is 6.41. The van der Waals surface area contributed by atoms with Crippen molar-refractivity contribution in [1.29, 1.82) is 0 Å². The number of hydrogen-bond donors (Lipinski definition) is 2. The van der Waals surface area contributed by atoms with E-state index >= 15 is 0 Å². The monoisotopic (exact) mass is 452 g/mol. The SMILES string of the molecule is CCCCCCCCCCCCCCCCCCNC(=O)OC(N)C(C)n1nnc(C)n1. The summed E-state index contributed by atoms with van der Waals surface area (Å²) in [5, 5.41) is 14.5. The molecule has 0 aliphatic heterocycles. The first-order valence-corrected chi connectivity index (χ1v) is 13.0. The van der Waals surface area contributed by atoms with Gasteiger partial charge in [0.1, 0.15) is 6.04 Å². The molecule has 8 heteroatoms. The number of aromatic nitrogens is 4. The highest BCUT2D eigenvalue weighted by atomic mass is 16.6. The van der Waals surface area contributed by atoms with Crippen LogP contribution < -0.4 is 11.1 Å². The van der Waals surface area contributed by atoms with Crippen LogP contribution in [0, 0.1) is 6.92 Å². The average molecular weight is 453 g/mol. The largest absolute Gasteiger partial charge is 0.428 e. The second kappa shape index (κ2) is 18.8. The predicted molar refractivity (Wildman–Crippen MR) is 129 cm³/mol. The van der Waals surface area contributed by atoms with E-state index in [1.165, 1.54) is 94.7 Å². The van der Waals surface area contributed by atoms with Gasteiger partial charge in [-0.25, -0.2) is 4.79 Å². The minimum Gasteiger partial charge on any atom is -0.428 e. The zero-order valence-corrected chi connectivity index (χ0v) is 20.9. The van der Waals surface area contributed by atoms with E-state index in [1.807, 2.05) is 0 Å². The van der Waals surface area contributed by atoms with Crippen LogP contribution in [0.3, 0.4) is 0 Å². The number of hydrogen-bond acceptors (Lipinski definition) is 6. The smallest absolute Gasteiger partial charge is 0.408 e. The lowest BCUT2D eigenvalue weighted by atomic mass is 10.0. The standard InChI is InChI=1S/C24H48N6O2/c1-4-5-6-7-8-9-10-11-12-13-14-15-16-17-18-19-20-26-24(31)32-23(25)21(2)30-28-22(3)27-29-30/h21,23H,4-20,25H2,1-3H3,(H,26,31). The molecule has 0 spiro atoms. The number of carbonyl (C=O) groups excluding carboxylic acids is 1. The van der Waals surface area contributed by atoms with Gasteiger partial charge in [0.2, 0.25) is 0 Å². The van der Waals surface area contributed by atoms with E-state index in [4.69, 9.17) is 10.5 Å². The Morgan fingerprint density at radius 3 is 1.81 bits per heavy atom. The Kier molecular flexibility index (Phi) is 16.7. The third kappa shape index (κ3) is 14.4. The molecule has 8 nitrogen and oxygen atoms in total. The van der Waals surface area contributed by atoms with E-state index in [1.54, 1.807) is 13.8 Å². The van der Waals surface area contributed by atoms with Crippen LogP contribution in [-0.4, -0.2) is 39.1 Å². The minimum absolute atomic E-state index is 0.377. The van der Waals surface area contributed by atoms with E-state index in [0.717, 1.165) is 12.8 Å². The zero-order valence-electron chi connectivity index (χ0n) is 20.9. The van der Waals surface area contributed by atoms with E-state index in [-0.39, 0.29) is 6.04 Å². The van der Waals surface area contributed by atoms with Gasteiger partial charge >= 0.3 is 6.09 Å². The number of unbranched alkanes of at least 4 members (excludes halogenated alkanes) is 15. The van der Waals surface area contributed by atoms with E-state index in [0.29, 0.717) is 12.4 Å². The van der Waals surface area contributed by atoms with Crippen molar-refractivity contribution < 1.29 is 9.53 Å². The summed E-state index contributed by atoms with van der Waals surface area (Å²) in [7, 11) is 0. The third-order valence-corrected chi connectivity index (χ3v) is 5.91. The van der Waals surface area contributed by atoms with Crippen molar-refractivity contribution in [2.24, 2.45) is 5.73 Å². The molecule has 0 aromatic carbocycles. The van der Waals surface area contributed by atoms with Crippen LogP contribution in [0.5, 0.6) is 0 Å². The Balaban J connectivity index is 1.85. The number of aryl methyl sites for hydroxylation is 1. The van der Waals surface area contributed by atoms with Crippen LogP contribution in [0.25, 0.3) is 0 Å². The quantitative estimate of drug-likeness (QED) is 0.191. The molecule has 1 amide bonds. The van der Waals surface area contributed by atoms with Crippen LogP contribution in [0.2, 0.25) is 0 Å². The average Bonchev–Trinajstić information content (AvgIpc) is 3.21. The molecule has 2 atom stereocenters. The van der Waals surface area contributed by atoms with Crippen LogP contribution >= 0.6 is 0 Å². The maximum atomic E-state index is 11.9. The van der Waals surface area contributed by atoms with Gasteiger partial charge in [-0.3, -0.25) is 5.73 Å². The molecular weight excluding hydrogens is 404 g/mol. The predicted octanol–water partition coefficient (Wildman–Crippen LogP) is 5.82. The first kappa shape index (κ1) is 28.3. The summed E-state index contributed by atoms with van der Waals surface area (Å²) in [5.41, 5.74) is 5.91. The molecule has 1 rings (SSSR count).